The van der Waals surface area contributed by atoms with E-state index in [0.29, 0.717) is 27.2 Å². The number of anilines is 1. The van der Waals surface area contributed by atoms with Gasteiger partial charge in [0, 0.05) is 17.1 Å². The minimum atomic E-state index is -1.02. The molecule has 0 radical (unpaired) electrons. The summed E-state index contributed by atoms with van der Waals surface area (Å²) in [6, 6.07) is 0. The number of fused-ring (bicyclic) bond motifs is 1. The van der Waals surface area contributed by atoms with E-state index in [1.54, 1.807) is 19.1 Å². The molecule has 1 aliphatic rings. The highest BCUT2D eigenvalue weighted by Gasteiger charge is 2.19. The van der Waals surface area contributed by atoms with Crippen LogP contribution in [-0.2, 0) is 20.9 Å². The lowest BCUT2D eigenvalue weighted by Gasteiger charge is -2.09. The van der Waals surface area contributed by atoms with Crippen LogP contribution in [0, 0.1) is 5.92 Å². The average molecular weight is 400 g/mol. The molecule has 7 nitrogen and oxygen atoms in total. The van der Waals surface area contributed by atoms with Gasteiger partial charge < -0.3 is 20.3 Å². The minimum absolute atomic E-state index is 0.0319. The van der Waals surface area contributed by atoms with Crippen molar-refractivity contribution in [3.63, 3.8) is 0 Å². The smallest absolute Gasteiger partial charge is 0.341 e. The fourth-order valence-electron chi connectivity index (χ4n) is 2.79. The number of allylic oxidation sites excluding steroid dienone is 3. The quantitative estimate of drug-likeness (QED) is 0.712. The number of rotatable bonds is 6. The number of pyridine rings is 1. The van der Waals surface area contributed by atoms with Crippen molar-refractivity contribution < 1.29 is 24.2 Å². The van der Waals surface area contributed by atoms with E-state index in [-0.39, 0.29) is 24.7 Å². The summed E-state index contributed by atoms with van der Waals surface area (Å²) in [6.07, 6.45) is 8.10. The van der Waals surface area contributed by atoms with Crippen LogP contribution in [0.25, 0.3) is 10.1 Å². The monoisotopic (exact) mass is 400 g/mol. The lowest BCUT2D eigenvalue weighted by molar-refractivity contribution is -0.132. The molecule has 0 spiro atoms. The van der Waals surface area contributed by atoms with Gasteiger partial charge in [0.2, 0.25) is 0 Å². The normalized spacial score (nSPS) is 16.3. The maximum absolute atomic E-state index is 12.2. The Balaban J connectivity index is 1.89. The molecule has 0 saturated carbocycles. The van der Waals surface area contributed by atoms with Gasteiger partial charge in [-0.1, -0.05) is 19.1 Å². The number of thiophene rings is 1. The molecule has 1 atom stereocenters. The molecule has 1 unspecified atom stereocenters. The molecular formula is C20H20N2O5S. The third kappa shape index (κ3) is 4.07. The molecule has 0 saturated heterocycles. The van der Waals surface area contributed by atoms with Crippen LogP contribution in [0.5, 0.6) is 0 Å². The molecule has 2 aromatic rings. The van der Waals surface area contributed by atoms with E-state index >= 15 is 0 Å². The lowest BCUT2D eigenvalue weighted by Crippen LogP contribution is -2.06. The van der Waals surface area contributed by atoms with Gasteiger partial charge >= 0.3 is 11.9 Å². The number of hydrogen-bond acceptors (Lipinski definition) is 7. The molecule has 0 amide bonds. The van der Waals surface area contributed by atoms with Crippen molar-refractivity contribution in [2.75, 3.05) is 12.3 Å². The zero-order valence-electron chi connectivity index (χ0n) is 15.5. The van der Waals surface area contributed by atoms with Gasteiger partial charge in [-0.2, -0.15) is 0 Å². The number of aromatic nitrogens is 1. The molecule has 0 bridgehead atoms. The van der Waals surface area contributed by atoms with Crippen LogP contribution < -0.4 is 5.73 Å². The molecule has 0 aromatic carbocycles. The summed E-state index contributed by atoms with van der Waals surface area (Å²) in [6.45, 7) is 4.11. The maximum atomic E-state index is 12.2. The van der Waals surface area contributed by atoms with Crippen molar-refractivity contribution in [1.29, 1.82) is 0 Å². The maximum Gasteiger partial charge on any atom is 0.341 e. The summed E-state index contributed by atoms with van der Waals surface area (Å²) in [7, 11) is 0. The Morgan fingerprint density at radius 3 is 2.89 bits per heavy atom. The Labute approximate surface area is 165 Å². The van der Waals surface area contributed by atoms with Gasteiger partial charge in [0.05, 0.1) is 22.4 Å². The summed E-state index contributed by atoms with van der Waals surface area (Å²) in [4.78, 5) is 27.6. The molecule has 28 heavy (non-hydrogen) atoms. The molecule has 2 aromatic heterocycles. The second-order valence-corrected chi connectivity index (χ2v) is 7.10. The first-order chi connectivity index (χ1) is 13.4. The van der Waals surface area contributed by atoms with E-state index in [4.69, 9.17) is 15.2 Å². The van der Waals surface area contributed by atoms with E-state index in [9.17, 15) is 14.7 Å². The molecule has 0 aliphatic heterocycles. The Morgan fingerprint density at radius 1 is 1.39 bits per heavy atom. The zero-order valence-corrected chi connectivity index (χ0v) is 16.3. The Bertz CT molecular complexity index is 1020. The van der Waals surface area contributed by atoms with Crippen LogP contribution in [0.15, 0.2) is 47.2 Å². The number of carboxylic acid groups (broad SMARTS) is 1. The second kappa shape index (κ2) is 8.26. The zero-order chi connectivity index (χ0) is 20.3. The Kier molecular flexibility index (Phi) is 5.79. The number of nitrogens with zero attached hydrogens (tertiary/aromatic N) is 1. The fraction of sp³-hybridized carbons (Fsp3) is 0.250. The Hall–Kier alpha value is -3.13. The topological polar surface area (TPSA) is 112 Å². The van der Waals surface area contributed by atoms with Crippen molar-refractivity contribution in [2.45, 2.75) is 20.5 Å². The number of aliphatic carboxylic acids is 1. The number of carbonyl (C=O) groups excluding carboxylic acids is 1. The summed E-state index contributed by atoms with van der Waals surface area (Å²) >= 11 is 1.36. The van der Waals surface area contributed by atoms with Crippen LogP contribution in [-0.4, -0.2) is 28.6 Å². The second-order valence-electron chi connectivity index (χ2n) is 6.22. The SMILES string of the molecule is CCOC(=O)c1cnc(N)c2c(COC3=CC(C)C=CC(C(=O)O)=C3)csc12. The van der Waals surface area contributed by atoms with Gasteiger partial charge in [-0.15, -0.1) is 11.3 Å². The first-order valence-corrected chi connectivity index (χ1v) is 9.58. The van der Waals surface area contributed by atoms with Crippen molar-refractivity contribution >= 4 is 39.2 Å². The minimum Gasteiger partial charge on any atom is -0.489 e. The summed E-state index contributed by atoms with van der Waals surface area (Å²) < 4.78 is 11.6. The van der Waals surface area contributed by atoms with E-state index in [1.807, 2.05) is 18.4 Å². The standard InChI is InChI=1S/C20H20N2O5S/c1-3-26-20(25)15-8-22-18(21)16-13(10-28-17(15)16)9-27-14-6-11(2)4-5-12(7-14)19(23)24/h4-8,10-11H,3,9H2,1-2H3,(H2,21,22)(H,23,24). The summed E-state index contributed by atoms with van der Waals surface area (Å²) in [5.74, 6) is -0.676. The third-order valence-electron chi connectivity index (χ3n) is 4.14. The molecule has 8 heteroatoms. The Morgan fingerprint density at radius 2 is 2.18 bits per heavy atom. The molecule has 2 heterocycles. The van der Waals surface area contributed by atoms with Crippen LogP contribution in [0.4, 0.5) is 5.82 Å². The summed E-state index contributed by atoms with van der Waals surface area (Å²) in [5, 5.41) is 11.8. The highest BCUT2D eigenvalue weighted by atomic mass is 32.1. The number of esters is 1. The van der Waals surface area contributed by atoms with Gasteiger partial charge in [-0.05, 0) is 30.4 Å². The first-order valence-electron chi connectivity index (χ1n) is 8.70. The molecule has 3 N–H and O–H groups in total. The van der Waals surface area contributed by atoms with Gasteiger partial charge in [0.1, 0.15) is 18.2 Å². The number of ether oxygens (including phenoxy) is 2. The number of nitrogens with two attached hydrogens (primary N) is 1. The van der Waals surface area contributed by atoms with Gasteiger partial charge in [0.25, 0.3) is 0 Å². The first kappa shape index (κ1) is 19.6. The summed E-state index contributed by atoms with van der Waals surface area (Å²) in [5.41, 5.74) is 7.32. The molecule has 1 aliphatic carbocycles. The number of nitrogen functional groups attached to an aromatic ring is 1. The van der Waals surface area contributed by atoms with Crippen LogP contribution >= 0.6 is 11.3 Å². The molecule has 146 valence electrons. The van der Waals surface area contributed by atoms with Gasteiger partial charge in [-0.3, -0.25) is 0 Å². The average Bonchev–Trinajstić information content (AvgIpc) is 2.98. The van der Waals surface area contributed by atoms with Gasteiger partial charge in [-0.25, -0.2) is 14.6 Å². The molecular weight excluding hydrogens is 380 g/mol. The number of carbonyl (C=O) groups is 2. The van der Waals surface area contributed by atoms with Crippen LogP contribution in [0.1, 0.15) is 29.8 Å². The number of carboxylic acids is 1. The van der Waals surface area contributed by atoms with Crippen molar-refractivity contribution in [1.82, 2.24) is 4.98 Å². The van der Waals surface area contributed by atoms with Crippen LogP contribution in [0.3, 0.4) is 0 Å². The highest BCUT2D eigenvalue weighted by Crippen LogP contribution is 2.33. The number of hydrogen-bond donors (Lipinski definition) is 2. The predicted molar refractivity (Wildman–Crippen MR) is 107 cm³/mol. The highest BCUT2D eigenvalue weighted by molar-refractivity contribution is 7.17. The van der Waals surface area contributed by atoms with Gasteiger partial charge in [0.15, 0.2) is 0 Å². The van der Waals surface area contributed by atoms with Crippen molar-refractivity contribution in [2.24, 2.45) is 5.92 Å². The fourth-order valence-corrected chi connectivity index (χ4v) is 3.86. The van der Waals surface area contributed by atoms with E-state index in [2.05, 4.69) is 4.98 Å². The third-order valence-corrected chi connectivity index (χ3v) is 5.20. The predicted octanol–water partition coefficient (Wildman–Crippen LogP) is 3.67. The lowest BCUT2D eigenvalue weighted by atomic mass is 10.1. The van der Waals surface area contributed by atoms with E-state index in [1.165, 1.54) is 23.6 Å². The van der Waals surface area contributed by atoms with Crippen LogP contribution in [0.2, 0.25) is 0 Å². The van der Waals surface area contributed by atoms with Crippen molar-refractivity contribution in [3.05, 3.63) is 58.3 Å². The van der Waals surface area contributed by atoms with E-state index < -0.39 is 11.9 Å². The van der Waals surface area contributed by atoms with E-state index in [0.717, 1.165) is 5.56 Å². The molecule has 3 rings (SSSR count). The largest absolute Gasteiger partial charge is 0.489 e. The van der Waals surface area contributed by atoms with Crippen molar-refractivity contribution in [3.8, 4) is 0 Å². The molecule has 0 fully saturated rings.